The van der Waals surface area contributed by atoms with Gasteiger partial charge in [-0.1, -0.05) is 29.5 Å². The molecule has 1 atom stereocenters. The summed E-state index contributed by atoms with van der Waals surface area (Å²) in [5, 5.41) is 12.1. The van der Waals surface area contributed by atoms with Crippen LogP contribution in [-0.4, -0.2) is 41.2 Å². The van der Waals surface area contributed by atoms with Crippen LogP contribution in [0.2, 0.25) is 0 Å². The Balaban J connectivity index is 1.65. The lowest BCUT2D eigenvalue weighted by molar-refractivity contribution is -0.124. The molecule has 0 saturated carbocycles. The summed E-state index contributed by atoms with van der Waals surface area (Å²) < 4.78 is 1.59. The van der Waals surface area contributed by atoms with E-state index in [0.29, 0.717) is 0 Å². The Hall–Kier alpha value is -3.22. The average molecular weight is 336 g/mol. The van der Waals surface area contributed by atoms with Gasteiger partial charge in [-0.15, -0.1) is 5.10 Å². The average Bonchev–Trinajstić information content (AvgIpc) is 3.05. The summed E-state index contributed by atoms with van der Waals surface area (Å²) in [6, 6.07) is 14.9. The van der Waals surface area contributed by atoms with Gasteiger partial charge in [-0.3, -0.25) is 4.79 Å². The fourth-order valence-corrected chi connectivity index (χ4v) is 2.41. The number of carbonyl (C=O) groups is 1. The van der Waals surface area contributed by atoms with Gasteiger partial charge in [0.15, 0.2) is 0 Å². The minimum Gasteiger partial charge on any atom is -0.378 e. The summed E-state index contributed by atoms with van der Waals surface area (Å²) in [4.78, 5) is 14.3. The first-order chi connectivity index (χ1) is 12.1. The second-order valence-electron chi connectivity index (χ2n) is 5.92. The van der Waals surface area contributed by atoms with Gasteiger partial charge in [-0.05, 0) is 36.8 Å². The maximum Gasteiger partial charge on any atom is 0.264 e. The van der Waals surface area contributed by atoms with Crippen LogP contribution < -0.4 is 10.3 Å². The lowest BCUT2D eigenvalue weighted by atomic mass is 10.2. The molecule has 1 amide bonds. The largest absolute Gasteiger partial charge is 0.378 e. The second-order valence-corrected chi connectivity index (χ2v) is 5.92. The molecule has 7 nitrogen and oxygen atoms in total. The first-order valence-electron chi connectivity index (χ1n) is 7.96. The predicted molar refractivity (Wildman–Crippen MR) is 98.7 cm³/mol. The van der Waals surface area contributed by atoms with E-state index in [-0.39, 0.29) is 5.91 Å². The number of benzene rings is 2. The zero-order valence-electron chi connectivity index (χ0n) is 14.4. The van der Waals surface area contributed by atoms with Gasteiger partial charge >= 0.3 is 0 Å². The third-order valence-corrected chi connectivity index (χ3v) is 3.92. The van der Waals surface area contributed by atoms with Gasteiger partial charge in [0.25, 0.3) is 5.91 Å². The molecular weight excluding hydrogens is 316 g/mol. The summed E-state index contributed by atoms with van der Waals surface area (Å²) in [5.74, 6) is -0.253. The maximum atomic E-state index is 12.3. The van der Waals surface area contributed by atoms with E-state index in [9.17, 15) is 4.79 Å². The molecule has 128 valence electrons. The molecule has 0 spiro atoms. The highest BCUT2D eigenvalue weighted by atomic mass is 16.2. The predicted octanol–water partition coefficient (Wildman–Crippen LogP) is 2.21. The molecule has 1 heterocycles. The van der Waals surface area contributed by atoms with Gasteiger partial charge in [0.05, 0.1) is 11.7 Å². The van der Waals surface area contributed by atoms with Crippen LogP contribution in [0.15, 0.2) is 53.6 Å². The van der Waals surface area contributed by atoms with Crippen molar-refractivity contribution in [2.75, 3.05) is 19.0 Å². The number of hydrogen-bond donors (Lipinski definition) is 1. The summed E-state index contributed by atoms with van der Waals surface area (Å²) in [7, 11) is 3.97. The van der Waals surface area contributed by atoms with Crippen LogP contribution in [0.5, 0.6) is 0 Å². The number of nitrogens with one attached hydrogen (secondary N) is 1. The number of fused-ring (bicyclic) bond motifs is 1. The Morgan fingerprint density at radius 3 is 2.64 bits per heavy atom. The Kier molecular flexibility index (Phi) is 4.74. The first-order valence-corrected chi connectivity index (χ1v) is 7.96. The number of rotatable bonds is 5. The van der Waals surface area contributed by atoms with E-state index in [1.807, 2.05) is 67.5 Å². The van der Waals surface area contributed by atoms with Crippen LogP contribution >= 0.6 is 0 Å². The van der Waals surface area contributed by atoms with Crippen molar-refractivity contribution in [3.63, 3.8) is 0 Å². The van der Waals surface area contributed by atoms with E-state index in [4.69, 9.17) is 0 Å². The number of hydrogen-bond acceptors (Lipinski definition) is 5. The third-order valence-electron chi connectivity index (χ3n) is 3.92. The van der Waals surface area contributed by atoms with Crippen LogP contribution in [0.25, 0.3) is 11.0 Å². The highest BCUT2D eigenvalue weighted by Crippen LogP contribution is 2.15. The second kappa shape index (κ2) is 7.12. The molecule has 1 N–H and O–H groups in total. The van der Waals surface area contributed by atoms with Crippen LogP contribution in [0.1, 0.15) is 18.5 Å². The normalized spacial score (nSPS) is 12.4. The lowest BCUT2D eigenvalue weighted by Gasteiger charge is -2.12. The molecule has 3 rings (SSSR count). The molecule has 3 aromatic rings. The molecule has 0 aliphatic carbocycles. The molecular formula is C18H20N6O. The van der Waals surface area contributed by atoms with Crippen molar-refractivity contribution in [1.29, 1.82) is 0 Å². The molecule has 25 heavy (non-hydrogen) atoms. The molecule has 0 aliphatic rings. The Morgan fingerprint density at radius 1 is 1.20 bits per heavy atom. The minimum atomic E-state index is -0.513. The molecule has 7 heteroatoms. The monoisotopic (exact) mass is 336 g/mol. The molecule has 0 bridgehead atoms. The third kappa shape index (κ3) is 3.65. The van der Waals surface area contributed by atoms with E-state index in [1.54, 1.807) is 17.8 Å². The van der Waals surface area contributed by atoms with Crippen LogP contribution in [0.3, 0.4) is 0 Å². The van der Waals surface area contributed by atoms with Crippen molar-refractivity contribution in [3.8, 4) is 0 Å². The smallest absolute Gasteiger partial charge is 0.264 e. The van der Waals surface area contributed by atoms with E-state index in [0.717, 1.165) is 22.3 Å². The number of amides is 1. The van der Waals surface area contributed by atoms with Crippen molar-refractivity contribution in [2.45, 2.75) is 13.0 Å². The zero-order valence-corrected chi connectivity index (χ0v) is 14.4. The van der Waals surface area contributed by atoms with Crippen molar-refractivity contribution >= 4 is 28.8 Å². The number of para-hydroxylation sites is 1. The van der Waals surface area contributed by atoms with E-state index in [1.165, 1.54) is 0 Å². The molecule has 1 unspecified atom stereocenters. The Labute approximate surface area is 145 Å². The highest BCUT2D eigenvalue weighted by Gasteiger charge is 2.18. The van der Waals surface area contributed by atoms with Crippen molar-refractivity contribution < 1.29 is 4.79 Å². The lowest BCUT2D eigenvalue weighted by Crippen LogP contribution is -2.28. The molecule has 0 fully saturated rings. The van der Waals surface area contributed by atoms with E-state index >= 15 is 0 Å². The van der Waals surface area contributed by atoms with Crippen molar-refractivity contribution in [1.82, 2.24) is 20.4 Å². The van der Waals surface area contributed by atoms with Gasteiger partial charge in [0.2, 0.25) is 0 Å². The van der Waals surface area contributed by atoms with Crippen molar-refractivity contribution in [3.05, 3.63) is 54.1 Å². The van der Waals surface area contributed by atoms with Gasteiger partial charge in [0.1, 0.15) is 11.6 Å². The Morgan fingerprint density at radius 2 is 1.92 bits per heavy atom. The standard InChI is InChI=1S/C18H20N6O/c1-13(24-17-7-5-4-6-16(17)20-22-24)18(25)21-19-12-14-8-10-15(11-9-14)23(2)3/h4-13H,1-3H3,(H,21,25)/b19-12+. The van der Waals surface area contributed by atoms with Gasteiger partial charge < -0.3 is 4.90 Å². The number of carbonyl (C=O) groups excluding carboxylic acids is 1. The van der Waals surface area contributed by atoms with E-state index < -0.39 is 6.04 Å². The number of hydrazone groups is 1. The quantitative estimate of drug-likeness (QED) is 0.572. The Bertz CT molecular complexity index is 897. The zero-order chi connectivity index (χ0) is 17.8. The van der Waals surface area contributed by atoms with Crippen LogP contribution in [0, 0.1) is 0 Å². The fourth-order valence-electron chi connectivity index (χ4n) is 2.41. The van der Waals surface area contributed by atoms with Gasteiger partial charge in [-0.2, -0.15) is 5.10 Å². The summed E-state index contributed by atoms with van der Waals surface area (Å²) >= 11 is 0. The molecule has 2 aromatic carbocycles. The summed E-state index contributed by atoms with van der Waals surface area (Å²) in [6.07, 6.45) is 1.61. The van der Waals surface area contributed by atoms with Crippen LogP contribution in [-0.2, 0) is 4.79 Å². The van der Waals surface area contributed by atoms with E-state index in [2.05, 4.69) is 20.8 Å². The fraction of sp³-hybridized carbons (Fsp3) is 0.222. The van der Waals surface area contributed by atoms with Crippen LogP contribution in [0.4, 0.5) is 5.69 Å². The summed E-state index contributed by atoms with van der Waals surface area (Å²) in [6.45, 7) is 1.76. The SMILES string of the molecule is CC(C(=O)N/N=C/c1ccc(N(C)C)cc1)n1nnc2ccccc21. The number of anilines is 1. The number of nitrogens with zero attached hydrogens (tertiary/aromatic N) is 5. The van der Waals surface area contributed by atoms with Gasteiger partial charge in [0, 0.05) is 19.8 Å². The molecule has 1 aromatic heterocycles. The first kappa shape index (κ1) is 16.6. The molecule has 0 saturated heterocycles. The highest BCUT2D eigenvalue weighted by molar-refractivity contribution is 5.85. The minimum absolute atomic E-state index is 0.253. The number of aromatic nitrogens is 3. The van der Waals surface area contributed by atoms with Crippen molar-refractivity contribution in [2.24, 2.45) is 5.10 Å². The topological polar surface area (TPSA) is 75.4 Å². The summed E-state index contributed by atoms with van der Waals surface area (Å²) in [5.41, 5.74) is 6.13. The van der Waals surface area contributed by atoms with Gasteiger partial charge in [-0.25, -0.2) is 10.1 Å². The molecule has 0 aliphatic heterocycles. The molecule has 0 radical (unpaired) electrons. The maximum absolute atomic E-state index is 12.3.